The lowest BCUT2D eigenvalue weighted by atomic mass is 10.0. The van der Waals surface area contributed by atoms with Gasteiger partial charge in [0, 0.05) is 90.1 Å². The molecule has 7 heteroatoms. The molecule has 0 aliphatic heterocycles. The van der Waals surface area contributed by atoms with Crippen molar-refractivity contribution in [3.05, 3.63) is 207 Å². The van der Waals surface area contributed by atoms with Crippen molar-refractivity contribution in [1.29, 1.82) is 0 Å². The minimum Gasteiger partial charge on any atom is -0.454 e. The smallest absolute Gasteiger partial charge is 0.182 e. The van der Waals surface area contributed by atoms with E-state index in [2.05, 4.69) is 182 Å². The Labute approximate surface area is 386 Å². The molecule has 14 rings (SSSR count). The van der Waals surface area contributed by atoms with E-state index in [1.54, 1.807) is 0 Å². The van der Waals surface area contributed by atoms with Crippen LogP contribution in [0.2, 0.25) is 0 Å². The molecule has 0 spiro atoms. The summed E-state index contributed by atoms with van der Waals surface area (Å²) in [5.41, 5.74) is 5.90. The van der Waals surface area contributed by atoms with Crippen LogP contribution in [0.1, 0.15) is 0 Å². The predicted octanol–water partition coefficient (Wildman–Crippen LogP) is 14.2. The predicted molar refractivity (Wildman–Crippen MR) is 282 cm³/mol. The minimum absolute atomic E-state index is 0.825. The van der Waals surface area contributed by atoms with Crippen LogP contribution in [-0.4, -0.2) is 18.0 Å². The zero-order valence-corrected chi connectivity index (χ0v) is 38.1. The monoisotopic (exact) mass is 898 g/mol. The Kier molecular flexibility index (Phi) is 8.21. The molecule has 65 heavy (non-hydrogen) atoms. The first kappa shape index (κ1) is 37.1. The number of rotatable bonds is 6. The summed E-state index contributed by atoms with van der Waals surface area (Å²) in [6.45, 7) is 0. The van der Waals surface area contributed by atoms with Crippen molar-refractivity contribution in [2.75, 3.05) is 0 Å². The molecule has 14 aromatic rings. The Morgan fingerprint density at radius 2 is 0.815 bits per heavy atom. The van der Waals surface area contributed by atoms with Crippen LogP contribution in [0, 0.1) is 0 Å². The Morgan fingerprint density at radius 3 is 1.46 bits per heavy atom. The van der Waals surface area contributed by atoms with Gasteiger partial charge in [0.2, 0.25) is 0 Å². The van der Waals surface area contributed by atoms with Crippen LogP contribution in [0.15, 0.2) is 211 Å². The second kappa shape index (κ2) is 14.4. The average Bonchev–Trinajstić information content (AvgIpc) is 4.16. The number of aromatic nitrogens is 2. The molecule has 0 aliphatic rings. The fourth-order valence-electron chi connectivity index (χ4n) is 10.6. The van der Waals surface area contributed by atoms with Gasteiger partial charge in [0.15, 0.2) is 13.7 Å². The van der Waals surface area contributed by atoms with Crippen molar-refractivity contribution < 1.29 is 4.42 Å². The third-order valence-corrected chi connectivity index (χ3v) is 22.3. The van der Waals surface area contributed by atoms with Crippen LogP contribution in [0.3, 0.4) is 0 Å². The lowest BCUT2D eigenvalue weighted by Crippen LogP contribution is -2.74. The molecule has 0 atom stereocenters. The van der Waals surface area contributed by atoms with E-state index in [-0.39, 0.29) is 0 Å². The van der Waals surface area contributed by atoms with Crippen molar-refractivity contribution in [3.8, 4) is 22.5 Å². The van der Waals surface area contributed by atoms with E-state index in [0.29, 0.717) is 0 Å². The summed E-state index contributed by atoms with van der Waals surface area (Å²) in [6.07, 6.45) is 3.91. The van der Waals surface area contributed by atoms with Crippen LogP contribution >= 0.6 is 34.0 Å². The zero-order valence-electron chi connectivity index (χ0n) is 34.7. The number of pyridine rings is 2. The van der Waals surface area contributed by atoms with E-state index < -0.39 is 8.07 Å². The summed E-state index contributed by atoms with van der Waals surface area (Å²) in [4.78, 5) is 10.2. The Hall–Kier alpha value is -7.26. The van der Waals surface area contributed by atoms with Crippen molar-refractivity contribution >= 4 is 145 Å². The molecule has 0 aliphatic carbocycles. The highest BCUT2D eigenvalue weighted by Gasteiger charge is 2.44. The number of hydrogen-bond donors (Lipinski definition) is 0. The fraction of sp³-hybridized carbons (Fsp3) is 0. The zero-order chi connectivity index (χ0) is 42.6. The third-order valence-electron chi connectivity index (χ3n) is 13.4. The van der Waals surface area contributed by atoms with E-state index >= 15 is 0 Å². The molecule has 0 saturated carbocycles. The molecule has 6 heterocycles. The van der Waals surface area contributed by atoms with Crippen LogP contribution in [-0.2, 0) is 0 Å². The molecule has 0 fully saturated rings. The lowest BCUT2D eigenvalue weighted by Gasteiger charge is -2.35. The molecule has 0 unspecified atom stereocenters. The van der Waals surface area contributed by atoms with E-state index in [4.69, 9.17) is 14.4 Å². The Balaban J connectivity index is 1.07. The van der Waals surface area contributed by atoms with Gasteiger partial charge in [0.1, 0.15) is 11.3 Å². The van der Waals surface area contributed by atoms with Gasteiger partial charge in [0.05, 0.1) is 10.4 Å². The number of benzene rings is 8. The molecule has 8 aromatic carbocycles. The van der Waals surface area contributed by atoms with Crippen LogP contribution in [0.5, 0.6) is 0 Å². The third kappa shape index (κ3) is 5.32. The second-order valence-electron chi connectivity index (χ2n) is 16.7. The maximum absolute atomic E-state index is 6.60. The maximum atomic E-state index is 6.60. The number of fused-ring (bicyclic) bond motifs is 12. The molecule has 0 bridgehead atoms. The Morgan fingerprint density at radius 1 is 0.338 bits per heavy atom. The van der Waals surface area contributed by atoms with E-state index in [1.807, 2.05) is 58.5 Å². The van der Waals surface area contributed by atoms with Gasteiger partial charge in [-0.2, -0.15) is 0 Å². The highest BCUT2D eigenvalue weighted by atomic mass is 32.1. The van der Waals surface area contributed by atoms with Crippen molar-refractivity contribution in [2.24, 2.45) is 0 Å². The normalized spacial score (nSPS) is 12.3. The van der Waals surface area contributed by atoms with Gasteiger partial charge in [-0.1, -0.05) is 170 Å². The summed E-state index contributed by atoms with van der Waals surface area (Å²) in [6, 6.07) is 71.6. The van der Waals surface area contributed by atoms with E-state index in [0.717, 1.165) is 38.9 Å². The maximum Gasteiger partial charge on any atom is 0.182 e. The first-order chi connectivity index (χ1) is 32.3. The summed E-state index contributed by atoms with van der Waals surface area (Å²) in [7, 11) is -3.11. The van der Waals surface area contributed by atoms with Gasteiger partial charge in [0.25, 0.3) is 0 Å². The SMILES string of the molecule is c1ccc([Si](c2ccccc2)(c2cccc3c2sc2c(-c4nccc5c4oc4ccccc45)cccc23)c2cccc3c2sc2c(-c4nccc5c4sc4ccccc45)cccc23)cc1. The van der Waals surface area contributed by atoms with Crippen LogP contribution in [0.4, 0.5) is 0 Å². The van der Waals surface area contributed by atoms with Gasteiger partial charge in [-0.25, -0.2) is 0 Å². The van der Waals surface area contributed by atoms with Crippen molar-refractivity contribution in [3.63, 3.8) is 0 Å². The number of para-hydroxylation sites is 1. The number of thiophene rings is 3. The molecule has 0 N–H and O–H groups in total. The van der Waals surface area contributed by atoms with Crippen molar-refractivity contribution in [1.82, 2.24) is 9.97 Å². The van der Waals surface area contributed by atoms with Crippen LogP contribution < -0.4 is 20.7 Å². The van der Waals surface area contributed by atoms with E-state index in [1.165, 1.54) is 86.8 Å². The highest BCUT2D eigenvalue weighted by Crippen LogP contribution is 2.46. The number of furan rings is 1. The molecule has 3 nitrogen and oxygen atoms in total. The van der Waals surface area contributed by atoms with E-state index in [9.17, 15) is 0 Å². The molecule has 0 radical (unpaired) electrons. The molecule has 304 valence electrons. The summed E-state index contributed by atoms with van der Waals surface area (Å²) >= 11 is 5.67. The van der Waals surface area contributed by atoms with Gasteiger partial charge < -0.3 is 4.42 Å². The Bertz CT molecular complexity index is 3930. The van der Waals surface area contributed by atoms with Gasteiger partial charge in [-0.15, -0.1) is 34.0 Å². The van der Waals surface area contributed by atoms with Gasteiger partial charge in [-0.3, -0.25) is 9.97 Å². The molecular formula is C58H34N2OS3Si. The highest BCUT2D eigenvalue weighted by molar-refractivity contribution is 7.34. The standard InChI is InChI=1S/C58H34N2OS3Si/c1-3-15-35(16-4-1)65(36-17-5-2-6-18-36,49-29-13-23-42-40-21-11-25-45(54(40)63-56(42)49)51-53-39(31-33-59-51)37-19-7-9-27-47(37)61-53)50-30-14-24-43-41-22-12-26-46(55(41)64-57(43)50)52-58-44(32-34-60-52)38-20-8-10-28-48(38)62-58/h1-34H. The molecule has 0 saturated heterocycles. The van der Waals surface area contributed by atoms with Gasteiger partial charge in [-0.05, 0) is 45.0 Å². The first-order valence-corrected chi connectivity index (χ1v) is 26.2. The molecule has 0 amide bonds. The summed E-state index contributed by atoms with van der Waals surface area (Å²) < 4.78 is 14.2. The van der Waals surface area contributed by atoms with Crippen LogP contribution in [0.25, 0.3) is 105 Å². The molecular weight excluding hydrogens is 865 g/mol. The van der Waals surface area contributed by atoms with Gasteiger partial charge >= 0.3 is 0 Å². The summed E-state index contributed by atoms with van der Waals surface area (Å²) in [5.74, 6) is 0. The average molecular weight is 899 g/mol. The van der Waals surface area contributed by atoms with Crippen molar-refractivity contribution in [2.45, 2.75) is 0 Å². The summed E-state index contributed by atoms with van der Waals surface area (Å²) in [5, 5.41) is 15.3. The largest absolute Gasteiger partial charge is 0.454 e. The quantitative estimate of drug-likeness (QED) is 0.123. The minimum atomic E-state index is -3.11. The lowest BCUT2D eigenvalue weighted by molar-refractivity contribution is 0.668. The number of hydrogen-bond acceptors (Lipinski definition) is 6. The number of nitrogens with zero attached hydrogens (tertiary/aromatic N) is 2. The molecule has 6 aromatic heterocycles. The first-order valence-electron chi connectivity index (χ1n) is 21.8. The fourth-order valence-corrected chi connectivity index (χ4v) is 20.4. The second-order valence-corrected chi connectivity index (χ2v) is 23.5. The topological polar surface area (TPSA) is 38.9 Å².